The fourth-order valence-electron chi connectivity index (χ4n) is 1.14. The summed E-state index contributed by atoms with van der Waals surface area (Å²) in [7, 11) is 1.56. The SMILES string of the molecule is CN(N)C(=O)CCCc1ccccn1. The highest BCUT2D eigenvalue weighted by atomic mass is 16.2. The van der Waals surface area contributed by atoms with Gasteiger partial charge in [0.15, 0.2) is 0 Å². The van der Waals surface area contributed by atoms with Gasteiger partial charge in [0.25, 0.3) is 0 Å². The second-order valence-corrected chi connectivity index (χ2v) is 3.18. The maximum atomic E-state index is 11.1. The molecule has 1 rings (SSSR count). The number of nitrogens with zero attached hydrogens (tertiary/aromatic N) is 2. The van der Waals surface area contributed by atoms with E-state index in [0.29, 0.717) is 6.42 Å². The lowest BCUT2D eigenvalue weighted by Gasteiger charge is -2.08. The highest BCUT2D eigenvalue weighted by Gasteiger charge is 2.03. The highest BCUT2D eigenvalue weighted by Crippen LogP contribution is 2.01. The van der Waals surface area contributed by atoms with Crippen molar-refractivity contribution in [1.29, 1.82) is 0 Å². The summed E-state index contributed by atoms with van der Waals surface area (Å²) in [5, 5.41) is 1.12. The Balaban J connectivity index is 2.26. The second-order valence-electron chi connectivity index (χ2n) is 3.18. The molecule has 14 heavy (non-hydrogen) atoms. The summed E-state index contributed by atoms with van der Waals surface area (Å²) in [4.78, 5) is 15.3. The Kier molecular flexibility index (Phi) is 4.07. The van der Waals surface area contributed by atoms with Crippen LogP contribution >= 0.6 is 0 Å². The Hall–Kier alpha value is -1.42. The average molecular weight is 193 g/mol. The van der Waals surface area contributed by atoms with Gasteiger partial charge < -0.3 is 0 Å². The van der Waals surface area contributed by atoms with Crippen molar-refractivity contribution in [3.8, 4) is 0 Å². The van der Waals surface area contributed by atoms with E-state index in [9.17, 15) is 4.79 Å². The summed E-state index contributed by atoms with van der Waals surface area (Å²) < 4.78 is 0. The molecule has 1 heterocycles. The zero-order chi connectivity index (χ0) is 10.4. The van der Waals surface area contributed by atoms with Gasteiger partial charge in [0.2, 0.25) is 5.91 Å². The molecule has 0 aliphatic heterocycles. The molecule has 0 atom stereocenters. The van der Waals surface area contributed by atoms with Crippen LogP contribution in [0.1, 0.15) is 18.5 Å². The van der Waals surface area contributed by atoms with Gasteiger partial charge in [0, 0.05) is 25.4 Å². The minimum Gasteiger partial charge on any atom is -0.284 e. The minimum atomic E-state index is -0.0408. The molecule has 76 valence electrons. The van der Waals surface area contributed by atoms with Crippen LogP contribution in [0.4, 0.5) is 0 Å². The van der Waals surface area contributed by atoms with E-state index in [0.717, 1.165) is 23.5 Å². The summed E-state index contributed by atoms with van der Waals surface area (Å²) in [6.45, 7) is 0. The van der Waals surface area contributed by atoms with Crippen LogP contribution in [0.2, 0.25) is 0 Å². The molecule has 1 aromatic rings. The molecule has 1 amide bonds. The van der Waals surface area contributed by atoms with Crippen molar-refractivity contribution >= 4 is 5.91 Å². The van der Waals surface area contributed by atoms with E-state index in [-0.39, 0.29) is 5.91 Å². The number of amides is 1. The first-order chi connectivity index (χ1) is 6.70. The fraction of sp³-hybridized carbons (Fsp3) is 0.400. The number of hydrogen-bond acceptors (Lipinski definition) is 3. The molecular weight excluding hydrogens is 178 g/mol. The predicted octanol–water partition coefficient (Wildman–Crippen LogP) is 0.736. The van der Waals surface area contributed by atoms with Crippen LogP contribution in [0, 0.1) is 0 Å². The third-order valence-electron chi connectivity index (χ3n) is 1.94. The number of hydrogen-bond donors (Lipinski definition) is 1. The molecule has 0 fully saturated rings. The first kappa shape index (κ1) is 10.7. The molecule has 0 unspecified atom stereocenters. The van der Waals surface area contributed by atoms with E-state index in [2.05, 4.69) is 4.98 Å². The number of carbonyl (C=O) groups is 1. The largest absolute Gasteiger partial charge is 0.284 e. The van der Waals surface area contributed by atoms with Crippen molar-refractivity contribution in [2.45, 2.75) is 19.3 Å². The van der Waals surface area contributed by atoms with Crippen molar-refractivity contribution in [2.75, 3.05) is 7.05 Å². The maximum absolute atomic E-state index is 11.1. The van der Waals surface area contributed by atoms with Crippen molar-refractivity contribution in [3.05, 3.63) is 30.1 Å². The molecule has 4 nitrogen and oxygen atoms in total. The highest BCUT2D eigenvalue weighted by molar-refractivity contribution is 5.75. The topological polar surface area (TPSA) is 59.2 Å². The number of aromatic nitrogens is 1. The second kappa shape index (κ2) is 5.34. The van der Waals surface area contributed by atoms with Gasteiger partial charge >= 0.3 is 0 Å². The summed E-state index contributed by atoms with van der Waals surface area (Å²) in [6.07, 6.45) is 3.84. The molecule has 0 saturated carbocycles. The zero-order valence-electron chi connectivity index (χ0n) is 8.31. The smallest absolute Gasteiger partial charge is 0.236 e. The molecule has 0 radical (unpaired) electrons. The van der Waals surface area contributed by atoms with E-state index >= 15 is 0 Å². The number of nitrogens with two attached hydrogens (primary N) is 1. The maximum Gasteiger partial charge on any atom is 0.236 e. The zero-order valence-corrected chi connectivity index (χ0v) is 8.31. The molecule has 0 bridgehead atoms. The third-order valence-corrected chi connectivity index (χ3v) is 1.94. The molecule has 0 aliphatic rings. The molecular formula is C10H15N3O. The lowest BCUT2D eigenvalue weighted by Crippen LogP contribution is -2.32. The minimum absolute atomic E-state index is 0.0408. The van der Waals surface area contributed by atoms with Gasteiger partial charge in [-0.3, -0.25) is 14.8 Å². The standard InChI is InChI=1S/C10H15N3O/c1-13(11)10(14)7-4-6-9-5-2-3-8-12-9/h2-3,5,8H,4,6-7,11H2,1H3. The van der Waals surface area contributed by atoms with Crippen molar-refractivity contribution < 1.29 is 4.79 Å². The lowest BCUT2D eigenvalue weighted by atomic mass is 10.2. The number of aryl methyl sites for hydroxylation is 1. The molecule has 0 spiro atoms. The average Bonchev–Trinajstić information content (AvgIpc) is 2.19. The summed E-state index contributed by atoms with van der Waals surface area (Å²) >= 11 is 0. The Morgan fingerprint density at radius 3 is 2.93 bits per heavy atom. The monoisotopic (exact) mass is 193 g/mol. The van der Waals surface area contributed by atoms with Crippen LogP contribution in [-0.4, -0.2) is 22.9 Å². The van der Waals surface area contributed by atoms with E-state index in [1.54, 1.807) is 13.2 Å². The Morgan fingerprint density at radius 2 is 2.36 bits per heavy atom. The van der Waals surface area contributed by atoms with Crippen LogP contribution in [0.15, 0.2) is 24.4 Å². The molecule has 4 heteroatoms. The molecule has 1 aromatic heterocycles. The molecule has 0 aromatic carbocycles. The first-order valence-electron chi connectivity index (χ1n) is 4.61. The van der Waals surface area contributed by atoms with Crippen molar-refractivity contribution in [3.63, 3.8) is 0 Å². The Labute approximate surface area is 83.7 Å². The summed E-state index contributed by atoms with van der Waals surface area (Å²) in [5.74, 6) is 5.24. The van der Waals surface area contributed by atoms with E-state index in [4.69, 9.17) is 5.84 Å². The van der Waals surface area contributed by atoms with E-state index < -0.39 is 0 Å². The number of rotatable bonds is 4. The van der Waals surface area contributed by atoms with Crippen LogP contribution in [0.5, 0.6) is 0 Å². The van der Waals surface area contributed by atoms with Gasteiger partial charge in [0.05, 0.1) is 0 Å². The number of carbonyl (C=O) groups excluding carboxylic acids is 1. The predicted molar refractivity (Wildman–Crippen MR) is 54.1 cm³/mol. The molecule has 0 saturated heterocycles. The summed E-state index contributed by atoms with van der Waals surface area (Å²) in [6, 6.07) is 5.78. The van der Waals surface area contributed by atoms with Crippen LogP contribution in [0.25, 0.3) is 0 Å². The first-order valence-corrected chi connectivity index (χ1v) is 4.61. The van der Waals surface area contributed by atoms with Crippen molar-refractivity contribution in [1.82, 2.24) is 9.99 Å². The molecule has 0 aliphatic carbocycles. The fourth-order valence-corrected chi connectivity index (χ4v) is 1.14. The Morgan fingerprint density at radius 1 is 1.57 bits per heavy atom. The third kappa shape index (κ3) is 3.53. The normalized spacial score (nSPS) is 9.86. The van der Waals surface area contributed by atoms with Gasteiger partial charge in [-0.15, -0.1) is 0 Å². The van der Waals surface area contributed by atoms with E-state index in [1.807, 2.05) is 18.2 Å². The van der Waals surface area contributed by atoms with Gasteiger partial charge in [-0.2, -0.15) is 0 Å². The molecule has 2 N–H and O–H groups in total. The van der Waals surface area contributed by atoms with Crippen LogP contribution in [-0.2, 0) is 11.2 Å². The number of pyridine rings is 1. The van der Waals surface area contributed by atoms with Gasteiger partial charge in [-0.25, -0.2) is 5.84 Å². The van der Waals surface area contributed by atoms with Crippen molar-refractivity contribution in [2.24, 2.45) is 5.84 Å². The Bertz CT molecular complexity index is 285. The van der Waals surface area contributed by atoms with Crippen LogP contribution in [0.3, 0.4) is 0 Å². The number of hydrazine groups is 1. The van der Waals surface area contributed by atoms with Gasteiger partial charge in [0.1, 0.15) is 0 Å². The quantitative estimate of drug-likeness (QED) is 0.436. The van der Waals surface area contributed by atoms with Crippen LogP contribution < -0.4 is 5.84 Å². The lowest BCUT2D eigenvalue weighted by molar-refractivity contribution is -0.130. The summed E-state index contributed by atoms with van der Waals surface area (Å²) in [5.41, 5.74) is 1.01. The van der Waals surface area contributed by atoms with E-state index in [1.165, 1.54) is 0 Å². The van der Waals surface area contributed by atoms with Gasteiger partial charge in [-0.1, -0.05) is 6.07 Å². The van der Waals surface area contributed by atoms with Gasteiger partial charge in [-0.05, 0) is 25.0 Å².